The smallest absolute Gasteiger partial charge is 0.282 e. The first-order valence-corrected chi connectivity index (χ1v) is 6.65. The minimum absolute atomic E-state index is 0.126. The number of thiazole rings is 1. The molecule has 1 amide bonds. The van der Waals surface area contributed by atoms with Crippen LogP contribution in [0.2, 0.25) is 0 Å². The fourth-order valence-corrected chi connectivity index (χ4v) is 3.40. The third kappa shape index (κ3) is 1.74. The van der Waals surface area contributed by atoms with Crippen LogP contribution in [0.3, 0.4) is 0 Å². The second-order valence-electron chi connectivity index (χ2n) is 4.28. The molecule has 0 saturated carbocycles. The number of aromatic nitrogens is 1. The molecule has 1 N–H and O–H groups in total. The van der Waals surface area contributed by atoms with Crippen LogP contribution in [0.15, 0.2) is 0 Å². The highest BCUT2D eigenvalue weighted by Crippen LogP contribution is 2.28. The van der Waals surface area contributed by atoms with Gasteiger partial charge in [-0.1, -0.05) is 0 Å². The van der Waals surface area contributed by atoms with Crippen LogP contribution in [-0.4, -0.2) is 42.0 Å². The maximum Gasteiger partial charge on any atom is 0.282 e. The second kappa shape index (κ2) is 4.14. The molecule has 0 radical (unpaired) electrons. The van der Waals surface area contributed by atoms with Gasteiger partial charge in [0.15, 0.2) is 5.01 Å². The Morgan fingerprint density at radius 1 is 1.31 bits per heavy atom. The zero-order valence-electron chi connectivity index (χ0n) is 9.16. The summed E-state index contributed by atoms with van der Waals surface area (Å²) in [6.45, 7) is 3.42. The highest BCUT2D eigenvalue weighted by atomic mass is 32.1. The Bertz CT molecular complexity index is 388. The van der Waals surface area contributed by atoms with Gasteiger partial charge in [0.2, 0.25) is 0 Å². The van der Waals surface area contributed by atoms with Crippen LogP contribution in [0.4, 0.5) is 0 Å². The maximum absolute atomic E-state index is 12.2. The van der Waals surface area contributed by atoms with E-state index >= 15 is 0 Å². The van der Waals surface area contributed by atoms with Gasteiger partial charge in [-0.2, -0.15) is 0 Å². The summed E-state index contributed by atoms with van der Waals surface area (Å²) >= 11 is 1.60. The molecule has 4 nitrogen and oxygen atoms in total. The predicted molar refractivity (Wildman–Crippen MR) is 62.9 cm³/mol. The normalized spacial score (nSPS) is 19.9. The van der Waals surface area contributed by atoms with Gasteiger partial charge < -0.3 is 10.2 Å². The van der Waals surface area contributed by atoms with E-state index in [0.717, 1.165) is 39.0 Å². The molecular weight excluding hydrogens is 222 g/mol. The summed E-state index contributed by atoms with van der Waals surface area (Å²) in [7, 11) is 0. The van der Waals surface area contributed by atoms with Crippen molar-refractivity contribution >= 4 is 17.2 Å². The third-order valence-corrected chi connectivity index (χ3v) is 4.33. The molecule has 1 fully saturated rings. The van der Waals surface area contributed by atoms with Crippen molar-refractivity contribution in [2.75, 3.05) is 26.2 Å². The van der Waals surface area contributed by atoms with Gasteiger partial charge in [0.25, 0.3) is 5.91 Å². The van der Waals surface area contributed by atoms with E-state index in [2.05, 4.69) is 10.3 Å². The average Bonchev–Trinajstić information content (AvgIpc) is 2.89. The van der Waals surface area contributed by atoms with Crippen LogP contribution in [0.25, 0.3) is 0 Å². The number of nitrogens with zero attached hydrogens (tertiary/aromatic N) is 2. The fourth-order valence-electron chi connectivity index (χ4n) is 2.29. The number of nitrogens with one attached hydrogen (secondary N) is 1. The monoisotopic (exact) mass is 237 g/mol. The van der Waals surface area contributed by atoms with Crippen molar-refractivity contribution in [2.45, 2.75) is 19.3 Å². The van der Waals surface area contributed by atoms with E-state index in [1.54, 1.807) is 11.3 Å². The molecule has 16 heavy (non-hydrogen) atoms. The number of aryl methyl sites for hydroxylation is 2. The van der Waals surface area contributed by atoms with Crippen molar-refractivity contribution in [3.8, 4) is 0 Å². The molecule has 1 saturated heterocycles. The number of carbonyl (C=O) groups excluding carboxylic acids is 1. The second-order valence-corrected chi connectivity index (χ2v) is 5.37. The van der Waals surface area contributed by atoms with Gasteiger partial charge in [-0.05, 0) is 19.3 Å². The third-order valence-electron chi connectivity index (χ3n) is 3.18. The van der Waals surface area contributed by atoms with E-state index in [1.165, 1.54) is 17.0 Å². The Labute approximate surface area is 98.7 Å². The molecule has 5 heteroatoms. The summed E-state index contributed by atoms with van der Waals surface area (Å²) in [6, 6.07) is 0. The lowest BCUT2D eigenvalue weighted by Gasteiger charge is -2.26. The van der Waals surface area contributed by atoms with Gasteiger partial charge in [0.05, 0.1) is 5.69 Å². The Kier molecular flexibility index (Phi) is 2.65. The molecule has 1 aromatic rings. The molecule has 0 atom stereocenters. The molecule has 0 spiro atoms. The summed E-state index contributed by atoms with van der Waals surface area (Å²) in [5.41, 5.74) is 1.17. The number of hydrogen-bond donors (Lipinski definition) is 1. The Morgan fingerprint density at radius 3 is 2.88 bits per heavy atom. The van der Waals surface area contributed by atoms with Crippen LogP contribution in [0, 0.1) is 0 Å². The van der Waals surface area contributed by atoms with Crippen molar-refractivity contribution in [2.24, 2.45) is 0 Å². The summed E-state index contributed by atoms with van der Waals surface area (Å²) in [5, 5.41) is 3.95. The first-order chi connectivity index (χ1) is 7.84. The molecule has 2 heterocycles. The van der Waals surface area contributed by atoms with E-state index in [9.17, 15) is 4.79 Å². The van der Waals surface area contributed by atoms with Gasteiger partial charge in [-0.15, -0.1) is 11.3 Å². The van der Waals surface area contributed by atoms with Crippen molar-refractivity contribution in [1.29, 1.82) is 0 Å². The predicted octanol–water partition coefficient (Wildman–Crippen LogP) is 0.677. The first kappa shape index (κ1) is 10.2. The van der Waals surface area contributed by atoms with Crippen LogP contribution < -0.4 is 5.32 Å². The minimum atomic E-state index is 0.126. The summed E-state index contributed by atoms with van der Waals surface area (Å²) in [6.07, 6.45) is 3.37. The first-order valence-electron chi connectivity index (χ1n) is 5.83. The standard InChI is InChI=1S/C11H15N3OS/c15-11(14-6-4-12-5-7-14)10-13-8-2-1-3-9(8)16-10/h12H,1-7H2. The van der Waals surface area contributed by atoms with Gasteiger partial charge in [-0.3, -0.25) is 4.79 Å². The molecule has 0 bridgehead atoms. The lowest BCUT2D eigenvalue weighted by atomic mass is 10.3. The zero-order chi connectivity index (χ0) is 11.0. The van der Waals surface area contributed by atoms with Crippen molar-refractivity contribution in [3.63, 3.8) is 0 Å². The largest absolute Gasteiger partial charge is 0.334 e. The van der Waals surface area contributed by atoms with Crippen molar-refractivity contribution < 1.29 is 4.79 Å². The molecule has 3 rings (SSSR count). The quantitative estimate of drug-likeness (QED) is 0.781. The summed E-state index contributed by atoms with van der Waals surface area (Å²) < 4.78 is 0. The topological polar surface area (TPSA) is 45.2 Å². The molecule has 2 aliphatic rings. The van der Waals surface area contributed by atoms with Crippen LogP contribution >= 0.6 is 11.3 Å². The number of amides is 1. The molecule has 86 valence electrons. The van der Waals surface area contributed by atoms with Gasteiger partial charge in [-0.25, -0.2) is 4.98 Å². The zero-order valence-corrected chi connectivity index (χ0v) is 9.98. The van der Waals surface area contributed by atoms with Gasteiger partial charge in [0.1, 0.15) is 0 Å². The molecule has 1 aromatic heterocycles. The highest BCUT2D eigenvalue weighted by Gasteiger charge is 2.24. The lowest BCUT2D eigenvalue weighted by Crippen LogP contribution is -2.46. The number of hydrogen-bond acceptors (Lipinski definition) is 4. The lowest BCUT2D eigenvalue weighted by molar-refractivity contribution is 0.0735. The van der Waals surface area contributed by atoms with E-state index < -0.39 is 0 Å². The highest BCUT2D eigenvalue weighted by molar-refractivity contribution is 7.13. The van der Waals surface area contributed by atoms with Gasteiger partial charge >= 0.3 is 0 Å². The Morgan fingerprint density at radius 2 is 2.12 bits per heavy atom. The molecule has 1 aliphatic carbocycles. The van der Waals surface area contributed by atoms with Gasteiger partial charge in [0, 0.05) is 31.1 Å². The van der Waals surface area contributed by atoms with E-state index in [4.69, 9.17) is 0 Å². The Hall–Kier alpha value is -0.940. The van der Waals surface area contributed by atoms with Crippen LogP contribution in [0.5, 0.6) is 0 Å². The van der Waals surface area contributed by atoms with E-state index in [0.29, 0.717) is 5.01 Å². The molecular formula is C11H15N3OS. The Balaban J connectivity index is 1.78. The van der Waals surface area contributed by atoms with Crippen molar-refractivity contribution in [3.05, 3.63) is 15.6 Å². The number of fused-ring (bicyclic) bond motifs is 1. The van der Waals surface area contributed by atoms with Crippen LogP contribution in [0.1, 0.15) is 26.8 Å². The number of piperazine rings is 1. The average molecular weight is 237 g/mol. The number of carbonyl (C=O) groups is 1. The summed E-state index contributed by atoms with van der Waals surface area (Å²) in [4.78, 5) is 19.9. The van der Waals surface area contributed by atoms with Crippen LogP contribution in [-0.2, 0) is 12.8 Å². The molecule has 0 aromatic carbocycles. The summed E-state index contributed by atoms with van der Waals surface area (Å²) in [5.74, 6) is 0.126. The van der Waals surface area contributed by atoms with Crippen molar-refractivity contribution in [1.82, 2.24) is 15.2 Å². The minimum Gasteiger partial charge on any atom is -0.334 e. The fraction of sp³-hybridized carbons (Fsp3) is 0.636. The molecule has 1 aliphatic heterocycles. The SMILES string of the molecule is O=C(c1nc2c(s1)CCC2)N1CCNCC1. The maximum atomic E-state index is 12.2. The molecule has 0 unspecified atom stereocenters. The van der Waals surface area contributed by atoms with E-state index in [-0.39, 0.29) is 5.91 Å². The van der Waals surface area contributed by atoms with E-state index in [1.807, 2.05) is 4.90 Å². The number of rotatable bonds is 1.